The second-order valence-electron chi connectivity index (χ2n) is 4.47. The molecule has 1 aromatic carbocycles. The van der Waals surface area contributed by atoms with Crippen molar-refractivity contribution in [1.29, 1.82) is 0 Å². The van der Waals surface area contributed by atoms with E-state index >= 15 is 0 Å². The van der Waals surface area contributed by atoms with Crippen LogP contribution in [0.2, 0.25) is 0 Å². The quantitative estimate of drug-likeness (QED) is 0.688. The van der Waals surface area contributed by atoms with E-state index in [1.54, 1.807) is 0 Å². The molecule has 0 aliphatic rings. The van der Waals surface area contributed by atoms with Crippen LogP contribution < -0.4 is 10.1 Å². The predicted molar refractivity (Wildman–Crippen MR) is 80.3 cm³/mol. The van der Waals surface area contributed by atoms with Gasteiger partial charge >= 0.3 is 0 Å². The lowest BCUT2D eigenvalue weighted by Gasteiger charge is -2.19. The molecule has 0 unspecified atom stereocenters. The first-order chi connectivity index (χ1) is 9.31. The normalized spacial score (nSPS) is 10.4. The smallest absolute Gasteiger partial charge is 0.123 e. The fraction of sp³-hybridized carbons (Fsp3) is 0.500. The number of para-hydroxylation sites is 1. The van der Waals surface area contributed by atoms with Crippen molar-refractivity contribution in [2.45, 2.75) is 19.9 Å². The standard InChI is InChI=1S/C16H24N2O/c1-4-10-18(11-5-2)12-13-19-16-9-7-6-8-15(16)14-17-3/h1,6-9,17H,5,10-14H2,2-3H3. The van der Waals surface area contributed by atoms with E-state index in [9.17, 15) is 0 Å². The van der Waals surface area contributed by atoms with E-state index in [1.807, 2.05) is 25.2 Å². The van der Waals surface area contributed by atoms with Gasteiger partial charge in [-0.1, -0.05) is 31.0 Å². The lowest BCUT2D eigenvalue weighted by atomic mass is 10.2. The van der Waals surface area contributed by atoms with E-state index in [4.69, 9.17) is 11.2 Å². The highest BCUT2D eigenvalue weighted by Crippen LogP contribution is 2.17. The first-order valence-corrected chi connectivity index (χ1v) is 6.83. The summed E-state index contributed by atoms with van der Waals surface area (Å²) in [6.45, 7) is 6.22. The van der Waals surface area contributed by atoms with Gasteiger partial charge < -0.3 is 10.1 Å². The Hall–Kier alpha value is -1.50. The van der Waals surface area contributed by atoms with Crippen LogP contribution in [0.15, 0.2) is 24.3 Å². The summed E-state index contributed by atoms with van der Waals surface area (Å²) in [6.07, 6.45) is 6.47. The third kappa shape index (κ3) is 5.78. The van der Waals surface area contributed by atoms with E-state index in [1.165, 1.54) is 5.56 Å². The number of nitrogens with one attached hydrogen (secondary N) is 1. The molecule has 3 nitrogen and oxygen atoms in total. The summed E-state index contributed by atoms with van der Waals surface area (Å²) in [4.78, 5) is 2.24. The number of terminal acetylenes is 1. The maximum atomic E-state index is 5.86. The highest BCUT2D eigenvalue weighted by molar-refractivity contribution is 5.33. The molecule has 0 saturated carbocycles. The first-order valence-electron chi connectivity index (χ1n) is 6.83. The van der Waals surface area contributed by atoms with Crippen LogP contribution in [-0.4, -0.2) is 38.2 Å². The third-order valence-electron chi connectivity index (χ3n) is 2.86. The molecule has 0 fully saturated rings. The minimum Gasteiger partial charge on any atom is -0.492 e. The van der Waals surface area contributed by atoms with Gasteiger partial charge in [0.05, 0.1) is 6.54 Å². The molecule has 0 amide bonds. The van der Waals surface area contributed by atoms with Gasteiger partial charge in [0, 0.05) is 18.7 Å². The minimum absolute atomic E-state index is 0.669. The average Bonchev–Trinajstić information content (AvgIpc) is 2.41. The highest BCUT2D eigenvalue weighted by atomic mass is 16.5. The van der Waals surface area contributed by atoms with Gasteiger partial charge in [-0.2, -0.15) is 0 Å². The second-order valence-corrected chi connectivity index (χ2v) is 4.47. The lowest BCUT2D eigenvalue weighted by molar-refractivity contribution is 0.224. The zero-order valence-electron chi connectivity index (χ0n) is 12.0. The molecule has 0 aromatic heterocycles. The van der Waals surface area contributed by atoms with Crippen LogP contribution >= 0.6 is 0 Å². The van der Waals surface area contributed by atoms with Gasteiger partial charge in [0.15, 0.2) is 0 Å². The molecule has 0 spiro atoms. The molecular weight excluding hydrogens is 236 g/mol. The molecule has 0 aliphatic heterocycles. The van der Waals surface area contributed by atoms with E-state index in [0.717, 1.165) is 31.8 Å². The number of rotatable bonds is 9. The third-order valence-corrected chi connectivity index (χ3v) is 2.86. The van der Waals surface area contributed by atoms with Gasteiger partial charge in [-0.15, -0.1) is 6.42 Å². The Morgan fingerprint density at radius 1 is 1.32 bits per heavy atom. The van der Waals surface area contributed by atoms with Crippen molar-refractivity contribution < 1.29 is 4.74 Å². The number of nitrogens with zero attached hydrogens (tertiary/aromatic N) is 1. The van der Waals surface area contributed by atoms with E-state index in [-0.39, 0.29) is 0 Å². The molecule has 0 saturated heterocycles. The monoisotopic (exact) mass is 260 g/mol. The Balaban J connectivity index is 2.45. The van der Waals surface area contributed by atoms with Gasteiger partial charge in [0.2, 0.25) is 0 Å². The molecule has 1 rings (SSSR count). The van der Waals surface area contributed by atoms with E-state index in [2.05, 4.69) is 29.1 Å². The van der Waals surface area contributed by atoms with Crippen molar-refractivity contribution in [2.24, 2.45) is 0 Å². The molecule has 0 bridgehead atoms. The van der Waals surface area contributed by atoms with Crippen molar-refractivity contribution in [3.05, 3.63) is 29.8 Å². The molecule has 0 atom stereocenters. The fourth-order valence-electron chi connectivity index (χ4n) is 1.98. The zero-order chi connectivity index (χ0) is 13.9. The number of hydrogen-bond donors (Lipinski definition) is 1. The first kappa shape index (κ1) is 15.6. The van der Waals surface area contributed by atoms with Crippen LogP contribution in [0.1, 0.15) is 18.9 Å². The largest absolute Gasteiger partial charge is 0.492 e. The average molecular weight is 260 g/mol. The molecule has 104 valence electrons. The van der Waals surface area contributed by atoms with Gasteiger partial charge in [0.25, 0.3) is 0 Å². The van der Waals surface area contributed by atoms with E-state index < -0.39 is 0 Å². The van der Waals surface area contributed by atoms with Crippen LogP contribution in [-0.2, 0) is 6.54 Å². The Bertz CT molecular complexity index is 398. The summed E-state index contributed by atoms with van der Waals surface area (Å²) in [5.41, 5.74) is 1.18. The molecule has 0 radical (unpaired) electrons. The molecule has 3 heteroatoms. The van der Waals surface area contributed by atoms with Gasteiger partial charge in [-0.05, 0) is 26.1 Å². The summed E-state index contributed by atoms with van der Waals surface area (Å²) < 4.78 is 5.86. The Labute approximate surface area is 117 Å². The van der Waals surface area contributed by atoms with Gasteiger partial charge in [-0.25, -0.2) is 0 Å². The van der Waals surface area contributed by atoms with Crippen LogP contribution in [0.3, 0.4) is 0 Å². The lowest BCUT2D eigenvalue weighted by Crippen LogP contribution is -2.29. The van der Waals surface area contributed by atoms with Crippen molar-refractivity contribution >= 4 is 0 Å². The molecular formula is C16H24N2O. The zero-order valence-corrected chi connectivity index (χ0v) is 12.0. The van der Waals surface area contributed by atoms with Crippen LogP contribution in [0.25, 0.3) is 0 Å². The van der Waals surface area contributed by atoms with Crippen LogP contribution in [0.4, 0.5) is 0 Å². The fourth-order valence-corrected chi connectivity index (χ4v) is 1.98. The summed E-state index contributed by atoms with van der Waals surface area (Å²) in [5.74, 6) is 3.65. The molecule has 0 aliphatic carbocycles. The van der Waals surface area contributed by atoms with Crippen molar-refractivity contribution in [3.8, 4) is 18.1 Å². The Kier molecular flexibility index (Phi) is 7.72. The van der Waals surface area contributed by atoms with Gasteiger partial charge in [0.1, 0.15) is 12.4 Å². The van der Waals surface area contributed by atoms with Gasteiger partial charge in [-0.3, -0.25) is 4.90 Å². The topological polar surface area (TPSA) is 24.5 Å². The molecule has 1 aromatic rings. The Morgan fingerprint density at radius 2 is 2.11 bits per heavy atom. The van der Waals surface area contributed by atoms with Crippen LogP contribution in [0.5, 0.6) is 5.75 Å². The molecule has 1 N–H and O–H groups in total. The maximum absolute atomic E-state index is 5.86. The second kappa shape index (κ2) is 9.43. The number of benzene rings is 1. The van der Waals surface area contributed by atoms with E-state index in [0.29, 0.717) is 13.2 Å². The maximum Gasteiger partial charge on any atom is 0.123 e. The predicted octanol–water partition coefficient (Wildman–Crippen LogP) is 2.13. The van der Waals surface area contributed by atoms with Crippen molar-refractivity contribution in [1.82, 2.24) is 10.2 Å². The SMILES string of the molecule is C#CCN(CCC)CCOc1ccccc1CNC. The number of ether oxygens (including phenoxy) is 1. The minimum atomic E-state index is 0.669. The summed E-state index contributed by atoms with van der Waals surface area (Å²) >= 11 is 0. The summed E-state index contributed by atoms with van der Waals surface area (Å²) in [7, 11) is 1.94. The highest BCUT2D eigenvalue weighted by Gasteiger charge is 2.04. The van der Waals surface area contributed by atoms with Crippen molar-refractivity contribution in [3.63, 3.8) is 0 Å². The summed E-state index contributed by atoms with van der Waals surface area (Å²) in [6, 6.07) is 8.12. The summed E-state index contributed by atoms with van der Waals surface area (Å²) in [5, 5.41) is 3.15. The van der Waals surface area contributed by atoms with Crippen LogP contribution in [0, 0.1) is 12.3 Å². The van der Waals surface area contributed by atoms with Crippen molar-refractivity contribution in [2.75, 3.05) is 33.3 Å². The molecule has 19 heavy (non-hydrogen) atoms. The number of hydrogen-bond acceptors (Lipinski definition) is 3. The Morgan fingerprint density at radius 3 is 2.79 bits per heavy atom. The molecule has 0 heterocycles.